The Bertz CT molecular complexity index is 557. The molecule has 19 heavy (non-hydrogen) atoms. The van der Waals surface area contributed by atoms with Crippen LogP contribution >= 0.6 is 0 Å². The fourth-order valence-electron chi connectivity index (χ4n) is 1.36. The summed E-state index contributed by atoms with van der Waals surface area (Å²) >= 11 is 0. The highest BCUT2D eigenvalue weighted by Crippen LogP contribution is 2.06. The van der Waals surface area contributed by atoms with Gasteiger partial charge in [-0.05, 0) is 34.6 Å². The highest BCUT2D eigenvalue weighted by molar-refractivity contribution is 7.89. The number of hydrogen-bond acceptors (Lipinski definition) is 4. The van der Waals surface area contributed by atoms with Crippen LogP contribution < -0.4 is 10.0 Å². The number of aromatic amines is 1. The number of imidazole rings is 1. The van der Waals surface area contributed by atoms with Crippen LogP contribution in [-0.2, 0) is 14.8 Å². The minimum Gasteiger partial charge on any atom is -0.350 e. The maximum Gasteiger partial charge on any atom is 0.258 e. The molecule has 0 fully saturated rings. The van der Waals surface area contributed by atoms with Crippen molar-refractivity contribution in [1.29, 1.82) is 0 Å². The van der Waals surface area contributed by atoms with Crippen molar-refractivity contribution in [2.45, 2.75) is 51.2 Å². The molecule has 1 unspecified atom stereocenters. The van der Waals surface area contributed by atoms with Gasteiger partial charge in [0.05, 0.1) is 12.2 Å². The van der Waals surface area contributed by atoms with Gasteiger partial charge in [-0.3, -0.25) is 4.79 Å². The van der Waals surface area contributed by atoms with Crippen molar-refractivity contribution in [1.82, 2.24) is 20.0 Å². The van der Waals surface area contributed by atoms with E-state index in [2.05, 4.69) is 20.0 Å². The Hall–Kier alpha value is -1.41. The van der Waals surface area contributed by atoms with Gasteiger partial charge in [0.15, 0.2) is 5.03 Å². The molecule has 0 aromatic carbocycles. The number of nitrogens with one attached hydrogen (secondary N) is 3. The van der Waals surface area contributed by atoms with Gasteiger partial charge >= 0.3 is 0 Å². The van der Waals surface area contributed by atoms with Crippen LogP contribution in [0.1, 0.15) is 33.5 Å². The van der Waals surface area contributed by atoms with Gasteiger partial charge in [0.2, 0.25) is 5.91 Å². The lowest BCUT2D eigenvalue weighted by Gasteiger charge is -2.23. The normalized spacial score (nSPS) is 14.2. The molecule has 0 aliphatic carbocycles. The number of aromatic nitrogens is 2. The van der Waals surface area contributed by atoms with Gasteiger partial charge in [-0.2, -0.15) is 4.72 Å². The molecular weight excluding hydrogens is 268 g/mol. The Morgan fingerprint density at radius 1 is 1.42 bits per heavy atom. The topological polar surface area (TPSA) is 104 Å². The Morgan fingerprint density at radius 2 is 2.00 bits per heavy atom. The van der Waals surface area contributed by atoms with Gasteiger partial charge in [-0.1, -0.05) is 0 Å². The summed E-state index contributed by atoms with van der Waals surface area (Å²) in [4.78, 5) is 18.2. The molecule has 0 radical (unpaired) electrons. The minimum absolute atomic E-state index is 0.0552. The quantitative estimate of drug-likeness (QED) is 0.741. The van der Waals surface area contributed by atoms with E-state index in [-0.39, 0.29) is 10.9 Å². The van der Waals surface area contributed by atoms with Gasteiger partial charge in [-0.25, -0.2) is 13.4 Å². The predicted octanol–water partition coefficient (Wildman–Crippen LogP) is 0.300. The van der Waals surface area contributed by atoms with E-state index in [4.69, 9.17) is 0 Å². The Morgan fingerprint density at radius 3 is 2.42 bits per heavy atom. The number of H-pyrrole nitrogens is 1. The number of hydrogen-bond donors (Lipinski definition) is 3. The SMILES string of the molecule is Cc1ncc(S(=O)(=O)NC(C)C(=O)NC(C)(C)C)[nH]1. The third-order valence-electron chi connectivity index (χ3n) is 2.19. The van der Waals surface area contributed by atoms with Gasteiger partial charge in [0.25, 0.3) is 10.0 Å². The molecule has 1 aromatic heterocycles. The van der Waals surface area contributed by atoms with Crippen LogP contribution in [0.5, 0.6) is 0 Å². The van der Waals surface area contributed by atoms with E-state index in [0.29, 0.717) is 5.82 Å². The first-order valence-electron chi connectivity index (χ1n) is 5.87. The number of sulfonamides is 1. The summed E-state index contributed by atoms with van der Waals surface area (Å²) in [6.45, 7) is 8.61. The van der Waals surface area contributed by atoms with Crippen molar-refractivity contribution in [3.8, 4) is 0 Å². The molecule has 1 amide bonds. The summed E-state index contributed by atoms with van der Waals surface area (Å²) in [5.41, 5.74) is -0.415. The summed E-state index contributed by atoms with van der Waals surface area (Å²) in [6, 6.07) is -0.868. The van der Waals surface area contributed by atoms with Gasteiger partial charge in [0.1, 0.15) is 5.82 Å². The van der Waals surface area contributed by atoms with E-state index in [0.717, 1.165) is 0 Å². The van der Waals surface area contributed by atoms with Crippen molar-refractivity contribution in [2.75, 3.05) is 0 Å². The molecule has 7 nitrogen and oxygen atoms in total. The standard InChI is InChI=1S/C11H20N4O3S/c1-7(10(16)14-11(3,4)5)15-19(17,18)9-6-12-8(2)13-9/h6-7,15H,1-5H3,(H,12,13)(H,14,16). The van der Waals surface area contributed by atoms with Crippen LogP contribution in [0.4, 0.5) is 0 Å². The van der Waals surface area contributed by atoms with Crippen molar-refractivity contribution in [3.63, 3.8) is 0 Å². The number of amides is 1. The second-order valence-electron chi connectivity index (χ2n) is 5.42. The average Bonchev–Trinajstić information content (AvgIpc) is 2.62. The molecule has 1 aromatic rings. The first-order valence-corrected chi connectivity index (χ1v) is 7.35. The molecule has 0 aliphatic heterocycles. The number of nitrogens with zero attached hydrogens (tertiary/aromatic N) is 1. The molecule has 8 heteroatoms. The maximum atomic E-state index is 12.0. The molecule has 1 atom stereocenters. The average molecular weight is 288 g/mol. The van der Waals surface area contributed by atoms with E-state index in [9.17, 15) is 13.2 Å². The van der Waals surface area contributed by atoms with E-state index in [1.807, 2.05) is 20.8 Å². The van der Waals surface area contributed by atoms with Crippen LogP contribution in [0.15, 0.2) is 11.2 Å². The lowest BCUT2D eigenvalue weighted by Crippen LogP contribution is -2.50. The second-order valence-corrected chi connectivity index (χ2v) is 7.10. The van der Waals surface area contributed by atoms with Gasteiger partial charge < -0.3 is 10.3 Å². The van der Waals surface area contributed by atoms with Crippen molar-refractivity contribution in [2.24, 2.45) is 0 Å². The van der Waals surface area contributed by atoms with Crippen molar-refractivity contribution in [3.05, 3.63) is 12.0 Å². The molecule has 0 bridgehead atoms. The zero-order chi connectivity index (χ0) is 14.8. The van der Waals surface area contributed by atoms with Crippen LogP contribution in [0, 0.1) is 6.92 Å². The smallest absolute Gasteiger partial charge is 0.258 e. The van der Waals surface area contributed by atoms with E-state index in [1.54, 1.807) is 6.92 Å². The zero-order valence-corrected chi connectivity index (χ0v) is 12.6. The van der Waals surface area contributed by atoms with Crippen LogP contribution in [0.25, 0.3) is 0 Å². The third-order valence-corrected chi connectivity index (χ3v) is 3.64. The van der Waals surface area contributed by atoms with E-state index >= 15 is 0 Å². The maximum absolute atomic E-state index is 12.0. The molecule has 1 rings (SSSR count). The number of carbonyl (C=O) groups excluding carboxylic acids is 1. The molecule has 108 valence electrons. The van der Waals surface area contributed by atoms with Gasteiger partial charge in [-0.15, -0.1) is 0 Å². The van der Waals surface area contributed by atoms with E-state index < -0.39 is 21.6 Å². The minimum atomic E-state index is -3.77. The Balaban J connectivity index is 2.76. The molecule has 3 N–H and O–H groups in total. The molecule has 0 saturated heterocycles. The first-order chi connectivity index (χ1) is 8.51. The Kier molecular flexibility index (Phi) is 4.36. The Labute approximate surface area is 113 Å². The lowest BCUT2D eigenvalue weighted by atomic mass is 10.1. The molecule has 0 spiro atoms. The zero-order valence-electron chi connectivity index (χ0n) is 11.7. The van der Waals surface area contributed by atoms with Crippen LogP contribution in [-0.4, -0.2) is 35.9 Å². The third kappa shape index (κ3) is 4.64. The van der Waals surface area contributed by atoms with Crippen LogP contribution in [0.3, 0.4) is 0 Å². The summed E-state index contributed by atoms with van der Waals surface area (Å²) < 4.78 is 26.2. The largest absolute Gasteiger partial charge is 0.350 e. The molecule has 1 heterocycles. The molecular formula is C11H20N4O3S. The number of aryl methyl sites for hydroxylation is 1. The summed E-state index contributed by atoms with van der Waals surface area (Å²) in [7, 11) is -3.77. The van der Waals surface area contributed by atoms with Gasteiger partial charge in [0, 0.05) is 5.54 Å². The lowest BCUT2D eigenvalue weighted by molar-refractivity contribution is -0.123. The summed E-state index contributed by atoms with van der Waals surface area (Å²) in [5, 5.41) is 2.65. The second kappa shape index (κ2) is 5.30. The monoisotopic (exact) mass is 288 g/mol. The van der Waals surface area contributed by atoms with Crippen molar-refractivity contribution < 1.29 is 13.2 Å². The number of rotatable bonds is 4. The van der Waals surface area contributed by atoms with E-state index in [1.165, 1.54) is 13.1 Å². The fraction of sp³-hybridized carbons (Fsp3) is 0.636. The highest BCUT2D eigenvalue weighted by atomic mass is 32.2. The number of carbonyl (C=O) groups is 1. The first kappa shape index (κ1) is 15.6. The summed E-state index contributed by atoms with van der Waals surface area (Å²) in [5.74, 6) is 0.111. The van der Waals surface area contributed by atoms with Crippen molar-refractivity contribution >= 4 is 15.9 Å². The fourth-order valence-corrected chi connectivity index (χ4v) is 2.54. The predicted molar refractivity (Wildman–Crippen MR) is 71.0 cm³/mol. The molecule has 0 aliphatic rings. The highest BCUT2D eigenvalue weighted by Gasteiger charge is 2.25. The summed E-state index contributed by atoms with van der Waals surface area (Å²) in [6.07, 6.45) is 1.21. The molecule has 0 saturated carbocycles. The van der Waals surface area contributed by atoms with Crippen LogP contribution in [0.2, 0.25) is 0 Å².